The first-order chi connectivity index (χ1) is 15.1. The van der Waals surface area contributed by atoms with Crippen LogP contribution in [0.4, 0.5) is 11.4 Å². The van der Waals surface area contributed by atoms with Crippen LogP contribution in [0.2, 0.25) is 0 Å². The SMILES string of the molecule is CCN1CCN(c2ccc(NC(=O)Cc3ccc(-c4ccccc4)cc3)cc2C)CC1. The Bertz CT molecular complexity index is 1010. The van der Waals surface area contributed by atoms with Gasteiger partial charge in [0.15, 0.2) is 0 Å². The van der Waals surface area contributed by atoms with E-state index in [0.29, 0.717) is 6.42 Å². The smallest absolute Gasteiger partial charge is 0.228 e. The topological polar surface area (TPSA) is 35.6 Å². The van der Waals surface area contributed by atoms with Gasteiger partial charge in [-0.2, -0.15) is 0 Å². The maximum Gasteiger partial charge on any atom is 0.228 e. The molecular formula is C27H31N3O. The van der Waals surface area contributed by atoms with Gasteiger partial charge in [0.2, 0.25) is 5.91 Å². The van der Waals surface area contributed by atoms with Crippen molar-refractivity contribution in [2.45, 2.75) is 20.3 Å². The number of rotatable bonds is 6. The van der Waals surface area contributed by atoms with E-state index < -0.39 is 0 Å². The zero-order valence-electron chi connectivity index (χ0n) is 18.5. The van der Waals surface area contributed by atoms with Crippen LogP contribution in [0.1, 0.15) is 18.1 Å². The second kappa shape index (κ2) is 9.80. The van der Waals surface area contributed by atoms with E-state index in [1.807, 2.05) is 36.4 Å². The zero-order valence-corrected chi connectivity index (χ0v) is 18.5. The summed E-state index contributed by atoms with van der Waals surface area (Å²) in [7, 11) is 0. The van der Waals surface area contributed by atoms with Crippen LogP contribution >= 0.6 is 0 Å². The minimum absolute atomic E-state index is 0.0103. The van der Waals surface area contributed by atoms with Crippen molar-refractivity contribution in [2.75, 3.05) is 42.9 Å². The van der Waals surface area contributed by atoms with Gasteiger partial charge in [0.05, 0.1) is 6.42 Å². The molecule has 160 valence electrons. The summed E-state index contributed by atoms with van der Waals surface area (Å²) >= 11 is 0. The molecule has 0 atom stereocenters. The third-order valence-corrected chi connectivity index (χ3v) is 6.07. The lowest BCUT2D eigenvalue weighted by molar-refractivity contribution is -0.115. The van der Waals surface area contributed by atoms with Crippen LogP contribution in [-0.4, -0.2) is 43.5 Å². The number of hydrogen-bond donors (Lipinski definition) is 1. The highest BCUT2D eigenvalue weighted by molar-refractivity contribution is 5.92. The van der Waals surface area contributed by atoms with Gasteiger partial charge in [0.1, 0.15) is 0 Å². The van der Waals surface area contributed by atoms with Crippen LogP contribution < -0.4 is 10.2 Å². The Kier molecular flexibility index (Phi) is 6.68. The van der Waals surface area contributed by atoms with Crippen molar-refractivity contribution in [1.29, 1.82) is 0 Å². The van der Waals surface area contributed by atoms with E-state index in [0.717, 1.165) is 49.5 Å². The number of piperazine rings is 1. The fourth-order valence-corrected chi connectivity index (χ4v) is 4.23. The number of anilines is 2. The first-order valence-corrected chi connectivity index (χ1v) is 11.1. The minimum Gasteiger partial charge on any atom is -0.369 e. The highest BCUT2D eigenvalue weighted by atomic mass is 16.1. The molecule has 3 aromatic carbocycles. The van der Waals surface area contributed by atoms with E-state index in [9.17, 15) is 4.79 Å². The van der Waals surface area contributed by atoms with Gasteiger partial charge in [-0.3, -0.25) is 4.79 Å². The summed E-state index contributed by atoms with van der Waals surface area (Å²) in [6.07, 6.45) is 0.370. The highest BCUT2D eigenvalue weighted by Crippen LogP contribution is 2.25. The van der Waals surface area contributed by atoms with E-state index in [1.165, 1.54) is 16.8 Å². The molecule has 0 aromatic heterocycles. The van der Waals surface area contributed by atoms with Gasteiger partial charge in [-0.1, -0.05) is 61.5 Å². The van der Waals surface area contributed by atoms with Crippen LogP contribution in [0.3, 0.4) is 0 Å². The second-order valence-corrected chi connectivity index (χ2v) is 8.21. The van der Waals surface area contributed by atoms with Crippen molar-refractivity contribution >= 4 is 17.3 Å². The number of nitrogens with one attached hydrogen (secondary N) is 1. The number of hydrogen-bond acceptors (Lipinski definition) is 3. The lowest BCUT2D eigenvalue weighted by Gasteiger charge is -2.36. The molecule has 1 heterocycles. The fourth-order valence-electron chi connectivity index (χ4n) is 4.23. The number of likely N-dealkylation sites (N-methyl/N-ethyl adjacent to an activating group) is 1. The normalized spacial score (nSPS) is 14.5. The number of aryl methyl sites for hydroxylation is 1. The third-order valence-electron chi connectivity index (χ3n) is 6.07. The van der Waals surface area contributed by atoms with Crippen LogP contribution in [0.15, 0.2) is 72.8 Å². The maximum atomic E-state index is 12.6. The van der Waals surface area contributed by atoms with Crippen molar-refractivity contribution in [3.05, 3.63) is 83.9 Å². The molecule has 1 aliphatic heterocycles. The van der Waals surface area contributed by atoms with Crippen LogP contribution in [0.25, 0.3) is 11.1 Å². The van der Waals surface area contributed by atoms with Crippen LogP contribution in [0.5, 0.6) is 0 Å². The lowest BCUT2D eigenvalue weighted by atomic mass is 10.0. The molecule has 0 saturated carbocycles. The number of nitrogens with zero attached hydrogens (tertiary/aromatic N) is 2. The molecule has 1 fully saturated rings. The summed E-state index contributed by atoms with van der Waals surface area (Å²) in [6.45, 7) is 9.79. The number of carbonyl (C=O) groups excluding carboxylic acids is 1. The van der Waals surface area contributed by atoms with Gasteiger partial charge in [-0.05, 0) is 53.9 Å². The molecule has 31 heavy (non-hydrogen) atoms. The Balaban J connectivity index is 1.35. The van der Waals surface area contributed by atoms with Gasteiger partial charge >= 0.3 is 0 Å². The average Bonchev–Trinajstić information content (AvgIpc) is 2.80. The highest BCUT2D eigenvalue weighted by Gasteiger charge is 2.17. The summed E-state index contributed by atoms with van der Waals surface area (Å²) in [5.74, 6) is 0.0103. The average molecular weight is 414 g/mol. The van der Waals surface area contributed by atoms with Crippen LogP contribution in [0, 0.1) is 6.92 Å². The first kappa shape index (κ1) is 21.1. The molecule has 1 N–H and O–H groups in total. The van der Waals surface area contributed by atoms with E-state index >= 15 is 0 Å². The number of benzene rings is 3. The molecule has 0 unspecified atom stereocenters. The second-order valence-electron chi connectivity index (χ2n) is 8.21. The van der Waals surface area contributed by atoms with Crippen molar-refractivity contribution in [1.82, 2.24) is 4.90 Å². The lowest BCUT2D eigenvalue weighted by Crippen LogP contribution is -2.46. The van der Waals surface area contributed by atoms with Gasteiger partial charge in [-0.15, -0.1) is 0 Å². The van der Waals surface area contributed by atoms with Crippen molar-refractivity contribution in [3.8, 4) is 11.1 Å². The van der Waals surface area contributed by atoms with Gasteiger partial charge in [-0.25, -0.2) is 0 Å². The van der Waals surface area contributed by atoms with Crippen molar-refractivity contribution in [2.24, 2.45) is 0 Å². The van der Waals surface area contributed by atoms with Gasteiger partial charge in [0.25, 0.3) is 0 Å². The van der Waals surface area contributed by atoms with Crippen molar-refractivity contribution in [3.63, 3.8) is 0 Å². The molecule has 0 spiro atoms. The first-order valence-electron chi connectivity index (χ1n) is 11.1. The standard InChI is InChI=1S/C27H31N3O/c1-3-29-15-17-30(18-16-29)26-14-13-25(19-21(26)2)28-27(31)20-22-9-11-24(12-10-22)23-7-5-4-6-8-23/h4-14,19H,3,15-18,20H2,1-2H3,(H,28,31). The Labute approximate surface area is 185 Å². The molecule has 0 aliphatic carbocycles. The number of amides is 1. The van der Waals surface area contributed by atoms with E-state index in [2.05, 4.69) is 65.4 Å². The van der Waals surface area contributed by atoms with E-state index in [-0.39, 0.29) is 5.91 Å². The molecule has 1 saturated heterocycles. The number of carbonyl (C=O) groups is 1. The minimum atomic E-state index is 0.0103. The van der Waals surface area contributed by atoms with Gasteiger partial charge < -0.3 is 15.1 Å². The van der Waals surface area contributed by atoms with Crippen LogP contribution in [-0.2, 0) is 11.2 Å². The Morgan fingerprint density at radius 3 is 2.19 bits per heavy atom. The van der Waals surface area contributed by atoms with Gasteiger partial charge in [0, 0.05) is 37.6 Å². The zero-order chi connectivity index (χ0) is 21.6. The Hall–Kier alpha value is -3.11. The molecular weight excluding hydrogens is 382 g/mol. The monoisotopic (exact) mass is 413 g/mol. The summed E-state index contributed by atoms with van der Waals surface area (Å²) in [6, 6.07) is 24.7. The van der Waals surface area contributed by atoms with E-state index in [1.54, 1.807) is 0 Å². The molecule has 1 aliphatic rings. The molecule has 4 nitrogen and oxygen atoms in total. The summed E-state index contributed by atoms with van der Waals surface area (Å²) < 4.78 is 0. The van der Waals surface area contributed by atoms with E-state index in [4.69, 9.17) is 0 Å². The quantitative estimate of drug-likeness (QED) is 0.619. The summed E-state index contributed by atoms with van der Waals surface area (Å²) in [5.41, 5.74) is 6.69. The predicted octanol–water partition coefficient (Wildman–Crippen LogP) is 4.99. The predicted molar refractivity (Wildman–Crippen MR) is 130 cm³/mol. The molecule has 1 amide bonds. The molecule has 3 aromatic rings. The molecule has 0 radical (unpaired) electrons. The molecule has 4 heteroatoms. The Morgan fingerprint density at radius 2 is 1.55 bits per heavy atom. The molecule has 0 bridgehead atoms. The summed E-state index contributed by atoms with van der Waals surface area (Å²) in [4.78, 5) is 17.5. The maximum absolute atomic E-state index is 12.6. The summed E-state index contributed by atoms with van der Waals surface area (Å²) in [5, 5.41) is 3.06. The van der Waals surface area contributed by atoms with Crippen molar-refractivity contribution < 1.29 is 4.79 Å². The third kappa shape index (κ3) is 5.33. The largest absolute Gasteiger partial charge is 0.369 e. The fraction of sp³-hybridized carbons (Fsp3) is 0.296. The Morgan fingerprint density at radius 1 is 0.871 bits per heavy atom. The molecule has 4 rings (SSSR count).